The fourth-order valence-corrected chi connectivity index (χ4v) is 3.54. The van der Waals surface area contributed by atoms with Crippen molar-refractivity contribution >= 4 is 16.9 Å². The molecule has 0 saturated heterocycles. The first kappa shape index (κ1) is 22.8. The number of ether oxygens (including phenoxy) is 1. The second kappa shape index (κ2) is 11.0. The Morgan fingerprint density at radius 3 is 2.61 bits per heavy atom. The van der Waals surface area contributed by atoms with Crippen molar-refractivity contribution in [1.82, 2.24) is 19.8 Å². The first-order valence-electron chi connectivity index (χ1n) is 11.1. The lowest BCUT2D eigenvalue weighted by Crippen LogP contribution is -2.23. The van der Waals surface area contributed by atoms with Gasteiger partial charge in [0.25, 0.3) is 0 Å². The van der Waals surface area contributed by atoms with Crippen molar-refractivity contribution < 1.29 is 9.53 Å². The number of hydrogen-bond donors (Lipinski definition) is 1. The molecule has 0 unspecified atom stereocenters. The summed E-state index contributed by atoms with van der Waals surface area (Å²) in [5, 5.41) is 0. The largest absolute Gasteiger partial charge is 0.494 e. The van der Waals surface area contributed by atoms with E-state index in [-0.39, 0.29) is 5.91 Å². The number of nitrogens with one attached hydrogen (secondary N) is 1. The number of rotatable bonds is 11. The molecule has 0 spiro atoms. The molecule has 0 aliphatic heterocycles. The van der Waals surface area contributed by atoms with Crippen LogP contribution in [-0.4, -0.2) is 59.5 Å². The topological polar surface area (TPSA) is 61.5 Å². The number of aromatic amines is 1. The zero-order valence-corrected chi connectivity index (χ0v) is 19.1. The van der Waals surface area contributed by atoms with Crippen molar-refractivity contribution in [3.05, 3.63) is 59.4 Å². The van der Waals surface area contributed by atoms with Crippen molar-refractivity contribution in [3.63, 3.8) is 0 Å². The summed E-state index contributed by atoms with van der Waals surface area (Å²) in [6, 6.07) is 14.3. The maximum atomic E-state index is 11.9. The molecule has 166 valence electrons. The van der Waals surface area contributed by atoms with E-state index in [9.17, 15) is 4.79 Å². The molecule has 31 heavy (non-hydrogen) atoms. The van der Waals surface area contributed by atoms with Gasteiger partial charge in [-0.2, -0.15) is 0 Å². The van der Waals surface area contributed by atoms with Crippen LogP contribution >= 0.6 is 0 Å². The van der Waals surface area contributed by atoms with Gasteiger partial charge in [0.2, 0.25) is 5.91 Å². The van der Waals surface area contributed by atoms with E-state index in [4.69, 9.17) is 4.74 Å². The summed E-state index contributed by atoms with van der Waals surface area (Å²) in [7, 11) is 3.55. The van der Waals surface area contributed by atoms with Gasteiger partial charge in [-0.25, -0.2) is 4.98 Å². The summed E-state index contributed by atoms with van der Waals surface area (Å²) < 4.78 is 5.97. The normalized spacial score (nSPS) is 11.3. The average Bonchev–Trinajstić information content (AvgIpc) is 3.17. The van der Waals surface area contributed by atoms with Crippen LogP contribution < -0.4 is 4.74 Å². The van der Waals surface area contributed by atoms with Crippen LogP contribution in [0.5, 0.6) is 5.75 Å². The molecular formula is C25H34N4O2. The number of likely N-dealkylation sites (N-methyl/N-ethyl adjacent to an activating group) is 1. The minimum atomic E-state index is 0.0948. The summed E-state index contributed by atoms with van der Waals surface area (Å²) in [6.07, 6.45) is 2.10. The predicted molar refractivity (Wildman–Crippen MR) is 125 cm³/mol. The summed E-state index contributed by atoms with van der Waals surface area (Å²) in [5.74, 6) is 1.96. The maximum absolute atomic E-state index is 11.9. The Morgan fingerprint density at radius 1 is 1.06 bits per heavy atom. The fraction of sp³-hybridized carbons (Fsp3) is 0.440. The maximum Gasteiger partial charge on any atom is 0.226 e. The highest BCUT2D eigenvalue weighted by Gasteiger charge is 2.09. The number of aryl methyl sites for hydroxylation is 1. The summed E-state index contributed by atoms with van der Waals surface area (Å²) in [5.41, 5.74) is 4.18. The Morgan fingerprint density at radius 2 is 1.87 bits per heavy atom. The fourth-order valence-electron chi connectivity index (χ4n) is 3.54. The molecule has 1 N–H and O–H groups in total. The molecule has 6 nitrogen and oxygen atoms in total. The Labute approximate surface area is 185 Å². The van der Waals surface area contributed by atoms with Crippen LogP contribution in [0.15, 0.2) is 42.5 Å². The third-order valence-electron chi connectivity index (χ3n) is 5.48. The van der Waals surface area contributed by atoms with E-state index in [0.29, 0.717) is 13.0 Å². The average molecular weight is 423 g/mol. The van der Waals surface area contributed by atoms with Gasteiger partial charge in [0, 0.05) is 27.1 Å². The minimum Gasteiger partial charge on any atom is -0.494 e. The van der Waals surface area contributed by atoms with Crippen molar-refractivity contribution in [2.24, 2.45) is 0 Å². The van der Waals surface area contributed by atoms with Gasteiger partial charge >= 0.3 is 0 Å². The molecular weight excluding hydrogens is 388 g/mol. The van der Waals surface area contributed by atoms with Crippen LogP contribution in [0.1, 0.15) is 37.2 Å². The molecule has 1 amide bonds. The lowest BCUT2D eigenvalue weighted by atomic mass is 10.1. The molecule has 6 heteroatoms. The van der Waals surface area contributed by atoms with Gasteiger partial charge in [-0.1, -0.05) is 32.0 Å². The number of fused-ring (bicyclic) bond motifs is 1. The molecule has 0 atom stereocenters. The number of H-pyrrole nitrogens is 1. The smallest absolute Gasteiger partial charge is 0.226 e. The molecule has 0 radical (unpaired) electrons. The van der Waals surface area contributed by atoms with E-state index >= 15 is 0 Å². The van der Waals surface area contributed by atoms with Crippen molar-refractivity contribution in [2.45, 2.75) is 39.7 Å². The molecule has 3 aromatic rings. The number of carbonyl (C=O) groups excluding carboxylic acids is 1. The van der Waals surface area contributed by atoms with Crippen LogP contribution in [0.2, 0.25) is 0 Å². The van der Waals surface area contributed by atoms with E-state index in [1.54, 1.807) is 19.0 Å². The molecule has 0 aliphatic carbocycles. The second-order valence-electron chi connectivity index (χ2n) is 8.06. The SMILES string of the molecule is CCN(CC)Cc1cccc(OCCCc2nc3ccc(CC(=O)N(C)C)cc3[nH]2)c1. The van der Waals surface area contributed by atoms with Crippen LogP contribution in [0, 0.1) is 0 Å². The number of nitrogens with zero attached hydrogens (tertiary/aromatic N) is 3. The first-order chi connectivity index (χ1) is 15.0. The number of amides is 1. The van der Waals surface area contributed by atoms with Gasteiger partial charge in [0.15, 0.2) is 0 Å². The van der Waals surface area contributed by atoms with Gasteiger partial charge in [-0.15, -0.1) is 0 Å². The lowest BCUT2D eigenvalue weighted by molar-refractivity contribution is -0.127. The monoisotopic (exact) mass is 422 g/mol. The molecule has 0 saturated carbocycles. The Bertz CT molecular complexity index is 992. The van der Waals surface area contributed by atoms with Gasteiger partial charge < -0.3 is 14.6 Å². The zero-order chi connectivity index (χ0) is 22.2. The number of imidazole rings is 1. The van der Waals surface area contributed by atoms with Crippen LogP contribution in [-0.2, 0) is 24.2 Å². The molecule has 0 bridgehead atoms. The highest BCUT2D eigenvalue weighted by Crippen LogP contribution is 2.17. The predicted octanol–water partition coefficient (Wildman–Crippen LogP) is 4.05. The third-order valence-corrected chi connectivity index (χ3v) is 5.48. The molecule has 3 rings (SSSR count). The van der Waals surface area contributed by atoms with E-state index < -0.39 is 0 Å². The standard InChI is InChI=1S/C25H34N4O2/c1-5-29(6-2)18-20-9-7-10-21(15-20)31-14-8-11-24-26-22-13-12-19(16-23(22)27-24)17-25(30)28(3)4/h7,9-10,12-13,15-16H,5-6,8,11,14,17-18H2,1-4H3,(H,26,27). The number of carbonyl (C=O) groups is 1. The Kier molecular flexibility index (Phi) is 8.06. The number of benzene rings is 2. The van der Waals surface area contributed by atoms with Crippen LogP contribution in [0.4, 0.5) is 0 Å². The van der Waals surface area contributed by atoms with Crippen molar-refractivity contribution in [2.75, 3.05) is 33.8 Å². The number of aromatic nitrogens is 2. The minimum absolute atomic E-state index is 0.0948. The van der Waals surface area contributed by atoms with Crippen molar-refractivity contribution in [1.29, 1.82) is 0 Å². The number of hydrogen-bond acceptors (Lipinski definition) is 4. The first-order valence-corrected chi connectivity index (χ1v) is 11.1. The van der Waals surface area contributed by atoms with Crippen LogP contribution in [0.3, 0.4) is 0 Å². The Hall–Kier alpha value is -2.86. The van der Waals surface area contributed by atoms with Gasteiger partial charge in [-0.3, -0.25) is 9.69 Å². The molecule has 0 aliphatic rings. The summed E-state index contributed by atoms with van der Waals surface area (Å²) in [6.45, 7) is 8.07. The molecule has 1 heterocycles. The van der Waals surface area contributed by atoms with Gasteiger partial charge in [0.05, 0.1) is 24.1 Å². The van der Waals surface area contributed by atoms with Crippen molar-refractivity contribution in [3.8, 4) is 5.75 Å². The van der Waals surface area contributed by atoms with E-state index in [1.807, 2.05) is 24.3 Å². The third kappa shape index (κ3) is 6.56. The van der Waals surface area contributed by atoms with Gasteiger partial charge in [0.1, 0.15) is 11.6 Å². The lowest BCUT2D eigenvalue weighted by Gasteiger charge is -2.18. The van der Waals surface area contributed by atoms with Gasteiger partial charge in [-0.05, 0) is 54.9 Å². The van der Waals surface area contributed by atoms with Crippen LogP contribution in [0.25, 0.3) is 11.0 Å². The highest BCUT2D eigenvalue weighted by atomic mass is 16.5. The van der Waals surface area contributed by atoms with E-state index in [0.717, 1.165) is 60.6 Å². The molecule has 2 aromatic carbocycles. The molecule has 1 aromatic heterocycles. The van der Waals surface area contributed by atoms with E-state index in [2.05, 4.69) is 46.9 Å². The molecule has 0 fully saturated rings. The highest BCUT2D eigenvalue weighted by molar-refractivity contribution is 5.81. The zero-order valence-electron chi connectivity index (χ0n) is 19.1. The quantitative estimate of drug-likeness (QED) is 0.474. The summed E-state index contributed by atoms with van der Waals surface area (Å²) in [4.78, 5) is 24.0. The second-order valence-corrected chi connectivity index (χ2v) is 8.06. The van der Waals surface area contributed by atoms with E-state index in [1.165, 1.54) is 5.56 Å². The Balaban J connectivity index is 1.51. The summed E-state index contributed by atoms with van der Waals surface area (Å²) >= 11 is 0.